The summed E-state index contributed by atoms with van der Waals surface area (Å²) in [5, 5.41) is 2.20. The van der Waals surface area contributed by atoms with Crippen molar-refractivity contribution in [2.75, 3.05) is 0 Å². The maximum absolute atomic E-state index is 5.73. The van der Waals surface area contributed by atoms with Crippen molar-refractivity contribution in [3.63, 3.8) is 0 Å². The van der Waals surface area contributed by atoms with E-state index >= 15 is 0 Å². The molecule has 0 aliphatic carbocycles. The first-order valence-electron chi connectivity index (χ1n) is 4.51. The van der Waals surface area contributed by atoms with Gasteiger partial charge in [-0.3, -0.25) is 0 Å². The molecular weight excluding hydrogens is 171 g/mol. The van der Waals surface area contributed by atoms with E-state index in [2.05, 4.69) is 0 Å². The van der Waals surface area contributed by atoms with E-state index in [1.54, 1.807) is 0 Å². The normalized spacial score (nSPS) is 11.1. The van der Waals surface area contributed by atoms with Crippen LogP contribution in [-0.4, -0.2) is 7.85 Å². The van der Waals surface area contributed by atoms with Crippen LogP contribution in [-0.2, 0) is 0 Å². The highest BCUT2D eigenvalue weighted by Crippen LogP contribution is 2.26. The highest BCUT2D eigenvalue weighted by Gasteiger charge is 2.04. The minimum atomic E-state index is 0.768. The third kappa shape index (κ3) is 0.972. The van der Waals surface area contributed by atoms with Crippen molar-refractivity contribution in [1.82, 2.24) is 0 Å². The van der Waals surface area contributed by atoms with Gasteiger partial charge in [-0.05, 0) is 12.1 Å². The topological polar surface area (TPSA) is 13.1 Å². The molecule has 0 aliphatic rings. The Morgan fingerprint density at radius 1 is 0.857 bits per heavy atom. The van der Waals surface area contributed by atoms with Gasteiger partial charge in [-0.25, -0.2) is 0 Å². The van der Waals surface area contributed by atoms with Gasteiger partial charge in [-0.15, -0.1) is 0 Å². The van der Waals surface area contributed by atoms with Crippen molar-refractivity contribution in [2.24, 2.45) is 0 Å². The van der Waals surface area contributed by atoms with Crippen LogP contribution in [0.4, 0.5) is 0 Å². The van der Waals surface area contributed by atoms with Gasteiger partial charge in [-0.2, -0.15) is 0 Å². The van der Waals surface area contributed by atoms with E-state index < -0.39 is 0 Å². The van der Waals surface area contributed by atoms with E-state index in [1.807, 2.05) is 42.5 Å². The summed E-state index contributed by atoms with van der Waals surface area (Å²) in [7, 11) is 5.73. The predicted octanol–water partition coefficient (Wildman–Crippen LogP) is 2.38. The van der Waals surface area contributed by atoms with Crippen LogP contribution in [0, 0.1) is 0 Å². The molecule has 0 saturated carbocycles. The third-order valence-corrected chi connectivity index (χ3v) is 2.40. The monoisotopic (exact) mass is 178 g/mol. The van der Waals surface area contributed by atoms with Crippen LogP contribution >= 0.6 is 0 Å². The first kappa shape index (κ1) is 7.68. The van der Waals surface area contributed by atoms with Crippen LogP contribution in [0.2, 0.25) is 0 Å². The van der Waals surface area contributed by atoms with Crippen molar-refractivity contribution in [3.8, 4) is 0 Å². The summed E-state index contributed by atoms with van der Waals surface area (Å²) in [6, 6.07) is 13.7. The molecule has 1 nitrogen and oxygen atoms in total. The van der Waals surface area contributed by atoms with Gasteiger partial charge in [-0.1, -0.05) is 35.8 Å². The lowest BCUT2D eigenvalue weighted by Crippen LogP contribution is -1.98. The molecule has 0 atom stereocenters. The van der Waals surface area contributed by atoms with Crippen LogP contribution in [0.5, 0.6) is 0 Å². The van der Waals surface area contributed by atoms with Gasteiger partial charge in [0.15, 0.2) is 0 Å². The van der Waals surface area contributed by atoms with Crippen molar-refractivity contribution in [3.05, 3.63) is 42.5 Å². The lowest BCUT2D eigenvalue weighted by Gasteiger charge is -1.91. The Morgan fingerprint density at radius 2 is 1.64 bits per heavy atom. The zero-order valence-corrected chi connectivity index (χ0v) is 7.53. The lowest BCUT2D eigenvalue weighted by atomic mass is 9.94. The van der Waals surface area contributed by atoms with Crippen molar-refractivity contribution < 1.29 is 4.42 Å². The molecule has 1 aromatic heterocycles. The van der Waals surface area contributed by atoms with Crippen LogP contribution in [0.15, 0.2) is 46.9 Å². The Kier molecular flexibility index (Phi) is 1.45. The first-order chi connectivity index (χ1) is 6.84. The van der Waals surface area contributed by atoms with Crippen molar-refractivity contribution in [2.45, 2.75) is 0 Å². The second kappa shape index (κ2) is 2.64. The first-order valence-corrected chi connectivity index (χ1v) is 4.51. The lowest BCUT2D eigenvalue weighted by molar-refractivity contribution is 0.669. The van der Waals surface area contributed by atoms with Crippen LogP contribution in [0.25, 0.3) is 21.9 Å². The summed E-state index contributed by atoms with van der Waals surface area (Å²) in [6.07, 6.45) is 0. The van der Waals surface area contributed by atoms with Crippen LogP contribution in [0.3, 0.4) is 0 Å². The number of para-hydroxylation sites is 1. The second-order valence-corrected chi connectivity index (χ2v) is 3.35. The SMILES string of the molecule is [B]c1ccc2oc3ccccc3c2c1. The van der Waals surface area contributed by atoms with Gasteiger partial charge in [0.05, 0.1) is 0 Å². The Balaban J connectivity index is 2.58. The molecule has 0 bridgehead atoms. The number of benzene rings is 2. The average Bonchev–Trinajstić information content (AvgIpc) is 2.56. The molecule has 0 aliphatic heterocycles. The van der Waals surface area contributed by atoms with Gasteiger partial charge in [0, 0.05) is 10.8 Å². The molecule has 2 heteroatoms. The number of rotatable bonds is 0. The van der Waals surface area contributed by atoms with E-state index in [4.69, 9.17) is 12.3 Å². The zero-order chi connectivity index (χ0) is 9.54. The van der Waals surface area contributed by atoms with Gasteiger partial charge in [0.1, 0.15) is 19.0 Å². The summed E-state index contributed by atoms with van der Waals surface area (Å²) in [5.41, 5.74) is 2.57. The highest BCUT2D eigenvalue weighted by atomic mass is 16.3. The zero-order valence-electron chi connectivity index (χ0n) is 7.53. The summed E-state index contributed by atoms with van der Waals surface area (Å²) in [4.78, 5) is 0. The van der Waals surface area contributed by atoms with Crippen LogP contribution in [0.1, 0.15) is 0 Å². The van der Waals surface area contributed by atoms with Gasteiger partial charge < -0.3 is 4.42 Å². The fourth-order valence-corrected chi connectivity index (χ4v) is 1.74. The van der Waals surface area contributed by atoms with Crippen molar-refractivity contribution >= 4 is 35.2 Å². The molecule has 14 heavy (non-hydrogen) atoms. The largest absolute Gasteiger partial charge is 0.456 e. The fraction of sp³-hybridized carbons (Fsp3) is 0. The van der Waals surface area contributed by atoms with Crippen LogP contribution < -0.4 is 5.46 Å². The number of hydrogen-bond acceptors (Lipinski definition) is 1. The minimum absolute atomic E-state index is 0.768. The molecule has 0 saturated heterocycles. The van der Waals surface area contributed by atoms with Gasteiger partial charge >= 0.3 is 0 Å². The predicted molar refractivity (Wildman–Crippen MR) is 59.1 cm³/mol. The van der Waals surface area contributed by atoms with E-state index in [0.717, 1.165) is 27.4 Å². The van der Waals surface area contributed by atoms with E-state index in [-0.39, 0.29) is 0 Å². The Bertz CT molecular complexity index is 610. The molecule has 1 heterocycles. The molecule has 0 spiro atoms. The molecule has 3 rings (SSSR count). The smallest absolute Gasteiger partial charge is 0.135 e. The Labute approximate surface area is 82.7 Å². The minimum Gasteiger partial charge on any atom is -0.456 e. The number of fused-ring (bicyclic) bond motifs is 3. The molecule has 0 N–H and O–H groups in total. The van der Waals surface area contributed by atoms with Gasteiger partial charge in [0.2, 0.25) is 0 Å². The van der Waals surface area contributed by atoms with E-state index in [0.29, 0.717) is 0 Å². The standard InChI is InChI=1S/C12H7BO/c13-8-5-6-12-10(7-8)9-3-1-2-4-11(9)14-12/h1-7H. The molecule has 2 radical (unpaired) electrons. The Morgan fingerprint density at radius 3 is 2.57 bits per heavy atom. The molecule has 0 amide bonds. The summed E-state index contributed by atoms with van der Waals surface area (Å²) in [5.74, 6) is 0. The summed E-state index contributed by atoms with van der Waals surface area (Å²) >= 11 is 0. The molecule has 0 fully saturated rings. The fourth-order valence-electron chi connectivity index (χ4n) is 1.74. The maximum atomic E-state index is 5.73. The highest BCUT2D eigenvalue weighted by molar-refractivity contribution is 6.33. The summed E-state index contributed by atoms with van der Waals surface area (Å²) in [6.45, 7) is 0. The molecule has 0 unspecified atom stereocenters. The number of hydrogen-bond donors (Lipinski definition) is 0. The second-order valence-electron chi connectivity index (χ2n) is 3.35. The molecular formula is C12H7BO. The Hall–Kier alpha value is -1.70. The number of furan rings is 1. The maximum Gasteiger partial charge on any atom is 0.135 e. The quantitative estimate of drug-likeness (QED) is 0.481. The van der Waals surface area contributed by atoms with E-state index in [9.17, 15) is 0 Å². The average molecular weight is 178 g/mol. The summed E-state index contributed by atoms with van der Waals surface area (Å²) < 4.78 is 5.65. The molecule has 3 aromatic rings. The third-order valence-electron chi connectivity index (χ3n) is 2.40. The van der Waals surface area contributed by atoms with Gasteiger partial charge in [0.25, 0.3) is 0 Å². The molecule has 64 valence electrons. The van der Waals surface area contributed by atoms with Crippen molar-refractivity contribution in [1.29, 1.82) is 0 Å². The van der Waals surface area contributed by atoms with E-state index in [1.165, 1.54) is 0 Å². The molecule has 2 aromatic carbocycles.